The van der Waals surface area contributed by atoms with E-state index in [0.29, 0.717) is 12.2 Å². The van der Waals surface area contributed by atoms with Crippen molar-refractivity contribution in [2.24, 2.45) is 0 Å². The first-order chi connectivity index (χ1) is 9.65. The second kappa shape index (κ2) is 7.18. The van der Waals surface area contributed by atoms with Crippen LogP contribution in [-0.2, 0) is 4.74 Å². The number of nitrogens with one attached hydrogen (secondary N) is 1. The Balaban J connectivity index is 2.35. The van der Waals surface area contributed by atoms with E-state index in [2.05, 4.69) is 28.2 Å². The van der Waals surface area contributed by atoms with E-state index in [1.807, 2.05) is 0 Å². The molecule has 1 unspecified atom stereocenters. The average molecular weight is 346 g/mol. The van der Waals surface area contributed by atoms with Crippen LogP contribution in [0.25, 0.3) is 0 Å². The minimum absolute atomic E-state index is 0.153. The molecule has 0 radical (unpaired) electrons. The fourth-order valence-corrected chi connectivity index (χ4v) is 2.84. The zero-order valence-electron chi connectivity index (χ0n) is 11.4. The fourth-order valence-electron chi connectivity index (χ4n) is 2.29. The maximum atomic E-state index is 13.7. The molecule has 2 rings (SSSR count). The van der Waals surface area contributed by atoms with Gasteiger partial charge in [-0.25, -0.2) is 8.78 Å². The van der Waals surface area contributed by atoms with E-state index in [0.717, 1.165) is 31.4 Å². The lowest BCUT2D eigenvalue weighted by Crippen LogP contribution is -2.26. The summed E-state index contributed by atoms with van der Waals surface area (Å²) in [5, 5.41) is 3.38. The van der Waals surface area contributed by atoms with E-state index in [-0.39, 0.29) is 10.5 Å². The fraction of sp³-hybridized carbons (Fsp3) is 0.467. The lowest BCUT2D eigenvalue weighted by atomic mass is 9.95. The van der Waals surface area contributed by atoms with Crippen LogP contribution in [0.5, 0.6) is 0 Å². The molecule has 0 amide bonds. The van der Waals surface area contributed by atoms with Crippen LogP contribution in [-0.4, -0.2) is 13.2 Å². The Hall–Kier alpha value is -0.940. The highest BCUT2D eigenvalue weighted by atomic mass is 79.9. The highest BCUT2D eigenvalue weighted by Crippen LogP contribution is 2.34. The number of hydrogen-bond acceptors (Lipinski definition) is 2. The Labute approximate surface area is 126 Å². The monoisotopic (exact) mass is 345 g/mol. The van der Waals surface area contributed by atoms with Crippen LogP contribution in [0.3, 0.4) is 0 Å². The summed E-state index contributed by atoms with van der Waals surface area (Å²) in [6.45, 7) is 3.58. The zero-order chi connectivity index (χ0) is 14.5. The van der Waals surface area contributed by atoms with E-state index in [4.69, 9.17) is 4.74 Å². The van der Waals surface area contributed by atoms with Crippen LogP contribution in [0.4, 0.5) is 8.78 Å². The van der Waals surface area contributed by atoms with Gasteiger partial charge in [0, 0.05) is 0 Å². The molecule has 0 bridgehead atoms. The summed E-state index contributed by atoms with van der Waals surface area (Å²) in [7, 11) is 0. The lowest BCUT2D eigenvalue weighted by molar-refractivity contribution is 0.219. The minimum Gasteiger partial charge on any atom is -0.501 e. The molecule has 110 valence electrons. The smallest absolute Gasteiger partial charge is 0.173 e. The summed E-state index contributed by atoms with van der Waals surface area (Å²) >= 11 is 3.17. The Kier molecular flexibility index (Phi) is 5.54. The van der Waals surface area contributed by atoms with Gasteiger partial charge in [0.1, 0.15) is 0 Å². The van der Waals surface area contributed by atoms with Crippen molar-refractivity contribution in [2.45, 2.75) is 32.2 Å². The van der Waals surface area contributed by atoms with Gasteiger partial charge < -0.3 is 10.1 Å². The summed E-state index contributed by atoms with van der Waals surface area (Å²) < 4.78 is 32.5. The Morgan fingerprint density at radius 1 is 1.40 bits per heavy atom. The molecular weight excluding hydrogens is 328 g/mol. The second-order valence-corrected chi connectivity index (χ2v) is 5.61. The minimum atomic E-state index is -0.844. The van der Waals surface area contributed by atoms with Crippen molar-refractivity contribution in [1.82, 2.24) is 5.32 Å². The van der Waals surface area contributed by atoms with Crippen molar-refractivity contribution >= 4 is 15.9 Å². The van der Waals surface area contributed by atoms with Gasteiger partial charge in [-0.2, -0.15) is 0 Å². The molecule has 0 saturated heterocycles. The van der Waals surface area contributed by atoms with Crippen molar-refractivity contribution in [2.75, 3.05) is 13.2 Å². The average Bonchev–Trinajstić information content (AvgIpc) is 2.48. The summed E-state index contributed by atoms with van der Waals surface area (Å²) in [5.41, 5.74) is 1.77. The quantitative estimate of drug-likeness (QED) is 0.795. The summed E-state index contributed by atoms with van der Waals surface area (Å²) in [5.74, 6) is -1.69. The predicted octanol–water partition coefficient (Wildman–Crippen LogP) is 4.46. The van der Waals surface area contributed by atoms with Crippen LogP contribution < -0.4 is 5.32 Å². The van der Waals surface area contributed by atoms with Crippen molar-refractivity contribution in [1.29, 1.82) is 0 Å². The van der Waals surface area contributed by atoms with Gasteiger partial charge in [-0.05, 0) is 58.9 Å². The van der Waals surface area contributed by atoms with E-state index in [1.165, 1.54) is 6.07 Å². The Bertz CT molecular complexity index is 505. The molecule has 1 N–H and O–H groups in total. The highest BCUT2D eigenvalue weighted by molar-refractivity contribution is 9.10. The van der Waals surface area contributed by atoms with Crippen molar-refractivity contribution < 1.29 is 13.5 Å². The normalized spacial score (nSPS) is 16.5. The maximum Gasteiger partial charge on any atom is 0.173 e. The molecule has 0 spiro atoms. The first-order valence-corrected chi connectivity index (χ1v) is 7.61. The summed E-state index contributed by atoms with van der Waals surface area (Å²) in [6.07, 6.45) is 4.54. The third-order valence-electron chi connectivity index (χ3n) is 3.31. The van der Waals surface area contributed by atoms with Crippen LogP contribution in [0.1, 0.15) is 37.8 Å². The number of ether oxygens (including phenoxy) is 1. The highest BCUT2D eigenvalue weighted by Gasteiger charge is 2.23. The number of halogens is 3. The Morgan fingerprint density at radius 3 is 2.85 bits per heavy atom. The second-order valence-electron chi connectivity index (χ2n) is 4.82. The van der Waals surface area contributed by atoms with Gasteiger partial charge >= 0.3 is 0 Å². The molecule has 1 heterocycles. The number of rotatable bonds is 5. The lowest BCUT2D eigenvalue weighted by Gasteiger charge is -2.25. The van der Waals surface area contributed by atoms with Gasteiger partial charge in [-0.15, -0.1) is 0 Å². The van der Waals surface area contributed by atoms with Gasteiger partial charge in [-0.3, -0.25) is 0 Å². The van der Waals surface area contributed by atoms with Gasteiger partial charge in [0.2, 0.25) is 0 Å². The van der Waals surface area contributed by atoms with Crippen molar-refractivity contribution in [3.8, 4) is 0 Å². The van der Waals surface area contributed by atoms with Crippen LogP contribution in [0.2, 0.25) is 0 Å². The molecule has 20 heavy (non-hydrogen) atoms. The summed E-state index contributed by atoms with van der Waals surface area (Å²) in [6, 6.07) is 2.63. The molecule has 1 aromatic rings. The molecule has 1 aliphatic heterocycles. The van der Waals surface area contributed by atoms with Gasteiger partial charge in [-0.1, -0.05) is 13.0 Å². The summed E-state index contributed by atoms with van der Waals surface area (Å²) in [4.78, 5) is 0. The number of benzene rings is 1. The Morgan fingerprint density at radius 2 is 2.20 bits per heavy atom. The first-order valence-electron chi connectivity index (χ1n) is 6.82. The molecule has 2 nitrogen and oxygen atoms in total. The van der Waals surface area contributed by atoms with Crippen LogP contribution >= 0.6 is 15.9 Å². The van der Waals surface area contributed by atoms with Gasteiger partial charge in [0.05, 0.1) is 23.4 Å². The molecule has 1 aliphatic rings. The van der Waals surface area contributed by atoms with Crippen LogP contribution in [0, 0.1) is 11.6 Å². The molecule has 5 heteroatoms. The van der Waals surface area contributed by atoms with Gasteiger partial charge in [0.15, 0.2) is 11.6 Å². The van der Waals surface area contributed by atoms with Crippen molar-refractivity contribution in [3.63, 3.8) is 0 Å². The predicted molar refractivity (Wildman–Crippen MR) is 78.4 cm³/mol. The molecule has 1 atom stereocenters. The molecule has 0 saturated carbocycles. The molecule has 0 aromatic heterocycles. The van der Waals surface area contributed by atoms with E-state index >= 15 is 0 Å². The van der Waals surface area contributed by atoms with E-state index in [1.54, 1.807) is 12.3 Å². The van der Waals surface area contributed by atoms with Gasteiger partial charge in [0.25, 0.3) is 0 Å². The number of hydrogen-bond donors (Lipinski definition) is 1. The first kappa shape index (κ1) is 15.4. The van der Waals surface area contributed by atoms with Crippen LogP contribution in [0.15, 0.2) is 28.4 Å². The topological polar surface area (TPSA) is 21.3 Å². The van der Waals surface area contributed by atoms with Crippen molar-refractivity contribution in [3.05, 3.63) is 45.6 Å². The van der Waals surface area contributed by atoms with E-state index < -0.39 is 11.6 Å². The van der Waals surface area contributed by atoms with E-state index in [9.17, 15) is 8.78 Å². The molecule has 0 aliphatic carbocycles. The molecule has 1 aromatic carbocycles. The maximum absolute atomic E-state index is 13.7. The zero-order valence-corrected chi connectivity index (χ0v) is 13.0. The molecular formula is C15H18BrF2NO. The molecule has 0 fully saturated rings. The third-order valence-corrected chi connectivity index (χ3v) is 4.11. The standard InChI is InChI=1S/C15H18BrF2NO/c1-2-7-19-15(10-4-3-8-20-9-10)11-5-6-12(17)14(18)13(11)16/h5-6,9,15,19H,2-4,7-8H2,1H3. The third kappa shape index (κ3) is 3.38. The largest absolute Gasteiger partial charge is 0.501 e. The SMILES string of the molecule is CCCNC(C1=COCCC1)c1ccc(F)c(F)c1Br.